The van der Waals surface area contributed by atoms with Crippen molar-refractivity contribution in [3.8, 4) is 11.1 Å². The minimum Gasteiger partial charge on any atom is -0.443 e. The molecule has 1 aromatic carbocycles. The van der Waals surface area contributed by atoms with E-state index in [9.17, 15) is 4.79 Å². The number of pyridine rings is 1. The van der Waals surface area contributed by atoms with Crippen LogP contribution in [0.1, 0.15) is 26.3 Å². The Balaban J connectivity index is 1.81. The molecule has 1 aliphatic heterocycles. The molecule has 158 valence electrons. The fourth-order valence-corrected chi connectivity index (χ4v) is 4.04. The molecule has 0 spiro atoms. The number of aryl methyl sites for hydroxylation is 1. The van der Waals surface area contributed by atoms with E-state index in [0.29, 0.717) is 5.65 Å². The topological polar surface area (TPSA) is 50.6 Å². The molecule has 0 aliphatic carbocycles. The number of carbonyl (C=O) groups excluding carboxylic acids is 1. The summed E-state index contributed by atoms with van der Waals surface area (Å²) in [5, 5.41) is 0.991. The summed E-state index contributed by atoms with van der Waals surface area (Å²) in [4.78, 5) is 22.1. The zero-order valence-electron chi connectivity index (χ0n) is 18.5. The molecule has 0 saturated carbocycles. The molecule has 4 rings (SSSR count). The average Bonchev–Trinajstić information content (AvgIpc) is 3.05. The minimum absolute atomic E-state index is 0.405. The van der Waals surface area contributed by atoms with Gasteiger partial charge in [-0.3, -0.25) is 0 Å². The lowest BCUT2D eigenvalue weighted by Gasteiger charge is -2.35. The molecule has 3 heterocycles. The Morgan fingerprint density at radius 1 is 1.03 bits per heavy atom. The van der Waals surface area contributed by atoms with E-state index in [1.807, 2.05) is 40.0 Å². The molecule has 0 atom stereocenters. The zero-order valence-corrected chi connectivity index (χ0v) is 18.5. The first kappa shape index (κ1) is 20.4. The first-order valence-corrected chi connectivity index (χ1v) is 10.5. The summed E-state index contributed by atoms with van der Waals surface area (Å²) in [7, 11) is 2.17. The van der Waals surface area contributed by atoms with Gasteiger partial charge in [-0.15, -0.1) is 0 Å². The molecule has 0 unspecified atom stereocenters. The highest BCUT2D eigenvalue weighted by molar-refractivity contribution is 6.01. The van der Waals surface area contributed by atoms with Crippen LogP contribution in [0.25, 0.3) is 22.2 Å². The number of hydrogen-bond acceptors (Lipinski definition) is 5. The van der Waals surface area contributed by atoms with Crippen molar-refractivity contribution in [2.75, 3.05) is 38.1 Å². The Morgan fingerprint density at radius 2 is 1.73 bits per heavy atom. The Bertz CT molecular complexity index is 1070. The normalized spacial score (nSPS) is 15.6. The van der Waals surface area contributed by atoms with Crippen molar-refractivity contribution in [3.63, 3.8) is 0 Å². The molecule has 2 aromatic heterocycles. The van der Waals surface area contributed by atoms with Crippen LogP contribution in [0.2, 0.25) is 0 Å². The molecular formula is C24H30N4O2. The van der Waals surface area contributed by atoms with Crippen LogP contribution in [0.4, 0.5) is 10.5 Å². The van der Waals surface area contributed by atoms with Gasteiger partial charge in [0.1, 0.15) is 11.2 Å². The molecule has 0 radical (unpaired) electrons. The van der Waals surface area contributed by atoms with Gasteiger partial charge in [0.05, 0.1) is 0 Å². The monoisotopic (exact) mass is 406 g/mol. The van der Waals surface area contributed by atoms with Crippen molar-refractivity contribution in [2.24, 2.45) is 0 Å². The van der Waals surface area contributed by atoms with E-state index in [1.165, 1.54) is 15.8 Å². The molecule has 3 aromatic rings. The highest BCUT2D eigenvalue weighted by Crippen LogP contribution is 2.37. The van der Waals surface area contributed by atoms with Crippen molar-refractivity contribution in [2.45, 2.75) is 33.3 Å². The lowest BCUT2D eigenvalue weighted by molar-refractivity contribution is 0.0543. The van der Waals surface area contributed by atoms with E-state index >= 15 is 0 Å². The second-order valence-corrected chi connectivity index (χ2v) is 9.03. The predicted octanol–water partition coefficient (Wildman–Crippen LogP) is 4.55. The molecule has 0 N–H and O–H groups in total. The summed E-state index contributed by atoms with van der Waals surface area (Å²) in [6, 6.07) is 10.6. The summed E-state index contributed by atoms with van der Waals surface area (Å²) in [6.45, 7) is 11.7. The Labute approximate surface area is 178 Å². The van der Waals surface area contributed by atoms with Gasteiger partial charge >= 0.3 is 6.09 Å². The van der Waals surface area contributed by atoms with Crippen LogP contribution in [-0.2, 0) is 4.74 Å². The molecule has 0 amide bonds. The quantitative estimate of drug-likeness (QED) is 0.625. The van der Waals surface area contributed by atoms with E-state index in [2.05, 4.69) is 46.1 Å². The molecule has 0 bridgehead atoms. The summed E-state index contributed by atoms with van der Waals surface area (Å²) >= 11 is 0. The fraction of sp³-hybridized carbons (Fsp3) is 0.417. The van der Waals surface area contributed by atoms with Gasteiger partial charge < -0.3 is 14.5 Å². The second kappa shape index (κ2) is 7.76. The molecule has 6 heteroatoms. The van der Waals surface area contributed by atoms with Crippen molar-refractivity contribution >= 4 is 22.8 Å². The Morgan fingerprint density at radius 3 is 2.43 bits per heavy atom. The maximum Gasteiger partial charge on any atom is 0.420 e. The van der Waals surface area contributed by atoms with Crippen LogP contribution >= 0.6 is 0 Å². The summed E-state index contributed by atoms with van der Waals surface area (Å²) in [5.41, 5.74) is 4.56. The van der Waals surface area contributed by atoms with Crippen molar-refractivity contribution in [1.29, 1.82) is 0 Å². The first-order chi connectivity index (χ1) is 14.2. The number of ether oxygens (including phenoxy) is 1. The molecule has 6 nitrogen and oxygen atoms in total. The van der Waals surface area contributed by atoms with Gasteiger partial charge in [-0.05, 0) is 58.0 Å². The van der Waals surface area contributed by atoms with E-state index in [4.69, 9.17) is 4.74 Å². The molecule has 30 heavy (non-hydrogen) atoms. The predicted molar refractivity (Wildman–Crippen MR) is 121 cm³/mol. The van der Waals surface area contributed by atoms with Crippen LogP contribution in [0.15, 0.2) is 42.7 Å². The number of fused-ring (bicyclic) bond motifs is 1. The Hall–Kier alpha value is -2.86. The molecule has 1 saturated heterocycles. The summed E-state index contributed by atoms with van der Waals surface area (Å²) in [6.07, 6.45) is 3.20. The smallest absolute Gasteiger partial charge is 0.420 e. The third-order valence-corrected chi connectivity index (χ3v) is 5.50. The van der Waals surface area contributed by atoms with Gasteiger partial charge in [-0.2, -0.15) is 0 Å². The van der Waals surface area contributed by atoms with Crippen LogP contribution in [0.5, 0.6) is 0 Å². The number of benzene rings is 1. The number of piperazine rings is 1. The minimum atomic E-state index is -0.562. The number of hydrogen-bond donors (Lipinski definition) is 0. The molecule has 1 fully saturated rings. The van der Waals surface area contributed by atoms with Crippen molar-refractivity contribution in [3.05, 3.63) is 48.3 Å². The third-order valence-electron chi connectivity index (χ3n) is 5.50. The fourth-order valence-electron chi connectivity index (χ4n) is 4.04. The number of nitrogens with zero attached hydrogens (tertiary/aromatic N) is 4. The van der Waals surface area contributed by atoms with Crippen molar-refractivity contribution < 1.29 is 9.53 Å². The van der Waals surface area contributed by atoms with Crippen LogP contribution < -0.4 is 4.90 Å². The first-order valence-electron chi connectivity index (χ1n) is 10.5. The van der Waals surface area contributed by atoms with E-state index in [-0.39, 0.29) is 0 Å². The lowest BCUT2D eigenvalue weighted by atomic mass is 9.99. The molecule has 1 aliphatic rings. The SMILES string of the molecule is Cc1cn(C(=O)OC(C)(C)C)c2nccc(-c3ccccc3N3CCN(C)CC3)c12. The summed E-state index contributed by atoms with van der Waals surface area (Å²) in [5.74, 6) is 0. The highest BCUT2D eigenvalue weighted by atomic mass is 16.6. The largest absolute Gasteiger partial charge is 0.443 e. The number of likely N-dealkylation sites (N-methyl/N-ethyl adjacent to an activating group) is 1. The van der Waals surface area contributed by atoms with Gasteiger partial charge in [0, 0.05) is 55.2 Å². The molecular weight excluding hydrogens is 376 g/mol. The zero-order chi connectivity index (χ0) is 21.5. The maximum absolute atomic E-state index is 12.8. The number of rotatable bonds is 2. The van der Waals surface area contributed by atoms with E-state index < -0.39 is 11.7 Å². The second-order valence-electron chi connectivity index (χ2n) is 9.03. The number of para-hydroxylation sites is 1. The van der Waals surface area contributed by atoms with Crippen LogP contribution in [-0.4, -0.2) is 59.4 Å². The van der Waals surface area contributed by atoms with Crippen molar-refractivity contribution in [1.82, 2.24) is 14.5 Å². The standard InChI is InChI=1S/C24H30N4O2/c1-17-16-28(23(29)30-24(2,3)4)22-21(17)19(10-11-25-22)18-8-6-7-9-20(18)27-14-12-26(5)13-15-27/h6-11,16H,12-15H2,1-5H3. The van der Waals surface area contributed by atoms with Gasteiger partial charge in [0.25, 0.3) is 0 Å². The van der Waals surface area contributed by atoms with Crippen LogP contribution in [0, 0.1) is 6.92 Å². The number of aromatic nitrogens is 2. The lowest BCUT2D eigenvalue weighted by Crippen LogP contribution is -2.44. The van der Waals surface area contributed by atoms with Gasteiger partial charge in [0.15, 0.2) is 0 Å². The van der Waals surface area contributed by atoms with E-state index in [0.717, 1.165) is 42.7 Å². The Kier molecular flexibility index (Phi) is 5.28. The summed E-state index contributed by atoms with van der Waals surface area (Å²) < 4.78 is 7.12. The van der Waals surface area contributed by atoms with Gasteiger partial charge in [-0.25, -0.2) is 14.3 Å². The number of carbonyl (C=O) groups is 1. The average molecular weight is 407 g/mol. The van der Waals surface area contributed by atoms with Crippen LogP contribution in [0.3, 0.4) is 0 Å². The maximum atomic E-state index is 12.8. The van der Waals surface area contributed by atoms with Gasteiger partial charge in [-0.1, -0.05) is 18.2 Å². The number of anilines is 1. The van der Waals surface area contributed by atoms with E-state index in [1.54, 1.807) is 6.20 Å². The third kappa shape index (κ3) is 3.92. The highest BCUT2D eigenvalue weighted by Gasteiger charge is 2.23. The van der Waals surface area contributed by atoms with Gasteiger partial charge in [0.2, 0.25) is 0 Å².